The number of likely N-dealkylation sites (N-methyl/N-ethyl adjacent to an activating group) is 1. The molecule has 0 aliphatic carbocycles. The van der Waals surface area contributed by atoms with Crippen molar-refractivity contribution in [3.8, 4) is 0 Å². The van der Waals surface area contributed by atoms with Crippen molar-refractivity contribution in [2.24, 2.45) is 5.84 Å². The van der Waals surface area contributed by atoms with Crippen LogP contribution in [0, 0.1) is 0 Å². The molecule has 0 radical (unpaired) electrons. The standard InChI is InChI=1S/C13H19F3N4O/c1-8(20(2)3)7-18-12(21)10-6-9(13(14,15)16)4-5-11(10)19-17/h4-6,8,19H,7,17H2,1-3H3,(H,18,21). The molecule has 0 fully saturated rings. The molecule has 0 saturated heterocycles. The first kappa shape index (κ1) is 17.3. The molecule has 0 heterocycles. The highest BCUT2D eigenvalue weighted by Crippen LogP contribution is 2.31. The van der Waals surface area contributed by atoms with E-state index in [-0.39, 0.29) is 17.3 Å². The number of benzene rings is 1. The van der Waals surface area contributed by atoms with Gasteiger partial charge in [-0.25, -0.2) is 0 Å². The number of hydrogen-bond acceptors (Lipinski definition) is 4. The summed E-state index contributed by atoms with van der Waals surface area (Å²) in [4.78, 5) is 13.9. The summed E-state index contributed by atoms with van der Waals surface area (Å²) in [6, 6.07) is 2.83. The van der Waals surface area contributed by atoms with E-state index in [1.54, 1.807) is 0 Å². The fraction of sp³-hybridized carbons (Fsp3) is 0.462. The summed E-state index contributed by atoms with van der Waals surface area (Å²) in [6.45, 7) is 2.20. The molecule has 0 spiro atoms. The van der Waals surface area contributed by atoms with E-state index >= 15 is 0 Å². The molecule has 4 N–H and O–H groups in total. The van der Waals surface area contributed by atoms with Gasteiger partial charge in [-0.05, 0) is 39.2 Å². The molecule has 1 aromatic rings. The van der Waals surface area contributed by atoms with Crippen molar-refractivity contribution in [1.82, 2.24) is 10.2 Å². The van der Waals surface area contributed by atoms with Crippen LogP contribution in [-0.2, 0) is 6.18 Å². The van der Waals surface area contributed by atoms with Gasteiger partial charge in [-0.1, -0.05) is 0 Å². The van der Waals surface area contributed by atoms with Crippen molar-refractivity contribution in [2.45, 2.75) is 19.1 Å². The van der Waals surface area contributed by atoms with Gasteiger partial charge in [0.15, 0.2) is 0 Å². The molecule has 8 heteroatoms. The second-order valence-electron chi connectivity index (χ2n) is 4.93. The Labute approximate surface area is 121 Å². The number of amides is 1. The van der Waals surface area contributed by atoms with Crippen LogP contribution in [0.5, 0.6) is 0 Å². The molecule has 1 rings (SSSR count). The number of anilines is 1. The fourth-order valence-corrected chi connectivity index (χ4v) is 1.55. The van der Waals surface area contributed by atoms with Crippen LogP contribution in [0.3, 0.4) is 0 Å². The third-order valence-corrected chi connectivity index (χ3v) is 3.19. The topological polar surface area (TPSA) is 70.4 Å². The average molecular weight is 304 g/mol. The number of nitrogens with zero attached hydrogens (tertiary/aromatic N) is 1. The smallest absolute Gasteiger partial charge is 0.350 e. The van der Waals surface area contributed by atoms with Gasteiger partial charge in [-0.15, -0.1) is 0 Å². The van der Waals surface area contributed by atoms with Gasteiger partial charge in [0, 0.05) is 12.6 Å². The van der Waals surface area contributed by atoms with Gasteiger partial charge < -0.3 is 15.6 Å². The van der Waals surface area contributed by atoms with Crippen molar-refractivity contribution >= 4 is 11.6 Å². The number of halogens is 3. The monoisotopic (exact) mass is 304 g/mol. The van der Waals surface area contributed by atoms with E-state index in [4.69, 9.17) is 5.84 Å². The zero-order valence-electron chi connectivity index (χ0n) is 12.1. The summed E-state index contributed by atoms with van der Waals surface area (Å²) >= 11 is 0. The number of rotatable bonds is 5. The highest BCUT2D eigenvalue weighted by atomic mass is 19.4. The Morgan fingerprint density at radius 3 is 2.48 bits per heavy atom. The normalized spacial score (nSPS) is 13.1. The average Bonchev–Trinajstić information content (AvgIpc) is 2.42. The minimum absolute atomic E-state index is 0.0500. The third kappa shape index (κ3) is 4.61. The quantitative estimate of drug-likeness (QED) is 0.572. The van der Waals surface area contributed by atoms with Crippen LogP contribution in [-0.4, -0.2) is 37.5 Å². The van der Waals surface area contributed by atoms with Crippen molar-refractivity contribution in [3.05, 3.63) is 29.3 Å². The second-order valence-corrected chi connectivity index (χ2v) is 4.93. The van der Waals surface area contributed by atoms with Crippen LogP contribution in [0.1, 0.15) is 22.8 Å². The number of hydrazine groups is 1. The Hall–Kier alpha value is -1.80. The summed E-state index contributed by atoms with van der Waals surface area (Å²) in [7, 11) is 3.68. The van der Waals surface area contributed by atoms with E-state index in [9.17, 15) is 18.0 Å². The molecule has 0 aliphatic rings. The number of alkyl halides is 3. The van der Waals surface area contributed by atoms with Crippen molar-refractivity contribution < 1.29 is 18.0 Å². The van der Waals surface area contributed by atoms with Crippen LogP contribution in [0.2, 0.25) is 0 Å². The van der Waals surface area contributed by atoms with E-state index in [1.807, 2.05) is 25.9 Å². The molecular formula is C13H19F3N4O. The molecule has 21 heavy (non-hydrogen) atoms. The minimum Gasteiger partial charge on any atom is -0.350 e. The number of nitrogen functional groups attached to an aromatic ring is 1. The number of nitrogens with one attached hydrogen (secondary N) is 2. The molecule has 1 aromatic carbocycles. The molecular weight excluding hydrogens is 285 g/mol. The van der Waals surface area contributed by atoms with Crippen LogP contribution in [0.4, 0.5) is 18.9 Å². The second kappa shape index (κ2) is 6.77. The Balaban J connectivity index is 2.96. The van der Waals surface area contributed by atoms with Crippen LogP contribution < -0.4 is 16.6 Å². The van der Waals surface area contributed by atoms with E-state index < -0.39 is 17.6 Å². The maximum Gasteiger partial charge on any atom is 0.416 e. The number of carbonyl (C=O) groups excluding carboxylic acids is 1. The van der Waals surface area contributed by atoms with Crippen LogP contribution >= 0.6 is 0 Å². The Morgan fingerprint density at radius 1 is 1.38 bits per heavy atom. The first-order chi connectivity index (χ1) is 9.66. The predicted molar refractivity (Wildman–Crippen MR) is 74.7 cm³/mol. The highest BCUT2D eigenvalue weighted by Gasteiger charge is 2.31. The molecule has 0 aliphatic heterocycles. The molecule has 1 unspecified atom stereocenters. The molecule has 0 saturated carbocycles. The summed E-state index contributed by atoms with van der Waals surface area (Å²) < 4.78 is 38.1. The molecule has 0 bridgehead atoms. The minimum atomic E-state index is -4.51. The first-order valence-electron chi connectivity index (χ1n) is 6.29. The first-order valence-corrected chi connectivity index (χ1v) is 6.29. The summed E-state index contributed by atoms with van der Waals surface area (Å²) in [6.07, 6.45) is -4.51. The zero-order chi connectivity index (χ0) is 16.2. The molecule has 0 aromatic heterocycles. The summed E-state index contributed by atoms with van der Waals surface area (Å²) in [5.74, 6) is 4.62. The van der Waals surface area contributed by atoms with Gasteiger partial charge in [0.1, 0.15) is 0 Å². The van der Waals surface area contributed by atoms with Gasteiger partial charge in [-0.2, -0.15) is 13.2 Å². The summed E-state index contributed by atoms with van der Waals surface area (Å²) in [5, 5.41) is 2.59. The Bertz CT molecular complexity index is 503. The maximum absolute atomic E-state index is 12.7. The Morgan fingerprint density at radius 2 is 2.00 bits per heavy atom. The summed E-state index contributed by atoms with van der Waals surface area (Å²) in [5.41, 5.74) is 1.33. The van der Waals surface area contributed by atoms with Gasteiger partial charge in [0.25, 0.3) is 5.91 Å². The van der Waals surface area contributed by atoms with Crippen molar-refractivity contribution in [3.63, 3.8) is 0 Å². The van der Waals surface area contributed by atoms with Gasteiger partial charge in [0.2, 0.25) is 0 Å². The van der Waals surface area contributed by atoms with Crippen molar-refractivity contribution in [1.29, 1.82) is 0 Å². The van der Waals surface area contributed by atoms with Gasteiger partial charge in [-0.3, -0.25) is 10.6 Å². The molecule has 5 nitrogen and oxygen atoms in total. The molecule has 1 amide bonds. The lowest BCUT2D eigenvalue weighted by Gasteiger charge is -2.20. The van der Waals surface area contributed by atoms with Crippen LogP contribution in [0.25, 0.3) is 0 Å². The molecule has 118 valence electrons. The third-order valence-electron chi connectivity index (χ3n) is 3.19. The molecule has 1 atom stereocenters. The van der Waals surface area contributed by atoms with E-state index in [2.05, 4.69) is 10.7 Å². The predicted octanol–water partition coefficient (Wildman–Crippen LogP) is 1.67. The lowest BCUT2D eigenvalue weighted by molar-refractivity contribution is -0.137. The number of carbonyl (C=O) groups is 1. The Kier molecular flexibility index (Phi) is 5.56. The largest absolute Gasteiger partial charge is 0.416 e. The number of hydrogen-bond donors (Lipinski definition) is 3. The van der Waals surface area contributed by atoms with Gasteiger partial charge >= 0.3 is 6.18 Å². The fourth-order valence-electron chi connectivity index (χ4n) is 1.55. The maximum atomic E-state index is 12.7. The van der Waals surface area contributed by atoms with E-state index in [0.29, 0.717) is 6.54 Å². The lowest BCUT2D eigenvalue weighted by Crippen LogP contribution is -2.38. The van der Waals surface area contributed by atoms with E-state index in [1.165, 1.54) is 0 Å². The highest BCUT2D eigenvalue weighted by molar-refractivity contribution is 5.99. The van der Waals surface area contributed by atoms with E-state index in [0.717, 1.165) is 18.2 Å². The van der Waals surface area contributed by atoms with Crippen molar-refractivity contribution in [2.75, 3.05) is 26.1 Å². The van der Waals surface area contributed by atoms with Crippen LogP contribution in [0.15, 0.2) is 18.2 Å². The lowest BCUT2D eigenvalue weighted by atomic mass is 10.1. The zero-order valence-corrected chi connectivity index (χ0v) is 12.1. The van der Waals surface area contributed by atoms with Gasteiger partial charge in [0.05, 0.1) is 16.8 Å². The number of nitrogens with two attached hydrogens (primary N) is 1. The SMILES string of the molecule is CC(CNC(=O)c1cc(C(F)(F)F)ccc1NN)N(C)C.